The standard InChI is InChI=1S/C27H32N8O3S/c1-18-22(10-19(11-29-18)24(36)28-6-7-33-16-27(17-33)4-3-5-27)32-25(37)21-13-31-35-15-23(39-26(21)35)20-12-30-34(14-20)8-9-38-2/h10-15H,3-9,16-17H2,1-2H3,(H,28,36)(H,32,37). The first-order chi connectivity index (χ1) is 18.9. The number of hydrogen-bond donors (Lipinski definition) is 2. The summed E-state index contributed by atoms with van der Waals surface area (Å²) in [5.41, 5.74) is 3.52. The third kappa shape index (κ3) is 5.19. The Balaban J connectivity index is 1.09. The molecule has 2 N–H and O–H groups in total. The number of amides is 2. The number of methoxy groups -OCH3 is 1. The van der Waals surface area contributed by atoms with Crippen molar-refractivity contribution in [1.29, 1.82) is 0 Å². The highest BCUT2D eigenvalue weighted by Crippen LogP contribution is 2.47. The topological polar surface area (TPSA) is 119 Å². The number of rotatable bonds is 10. The summed E-state index contributed by atoms with van der Waals surface area (Å²) in [5.74, 6) is -0.502. The van der Waals surface area contributed by atoms with Crippen molar-refractivity contribution in [3.63, 3.8) is 0 Å². The number of aromatic nitrogens is 5. The molecule has 1 saturated carbocycles. The van der Waals surface area contributed by atoms with Gasteiger partial charge in [-0.1, -0.05) is 6.42 Å². The molecule has 4 aromatic heterocycles. The van der Waals surface area contributed by atoms with Crippen molar-refractivity contribution in [2.45, 2.75) is 32.7 Å². The van der Waals surface area contributed by atoms with E-state index in [1.165, 1.54) is 30.6 Å². The SMILES string of the molecule is COCCn1cc(-c2cn3ncc(C(=O)Nc4cc(C(=O)NCCN5CC6(CCC6)C5)cnc4C)c3s2)cn1. The van der Waals surface area contributed by atoms with Crippen LogP contribution >= 0.6 is 11.3 Å². The third-order valence-electron chi connectivity index (χ3n) is 7.73. The summed E-state index contributed by atoms with van der Waals surface area (Å²) in [6.45, 7) is 6.78. The van der Waals surface area contributed by atoms with Crippen LogP contribution in [-0.2, 0) is 11.3 Å². The molecule has 0 unspecified atom stereocenters. The molecule has 0 radical (unpaired) electrons. The highest BCUT2D eigenvalue weighted by atomic mass is 32.1. The van der Waals surface area contributed by atoms with Crippen LogP contribution in [0.5, 0.6) is 0 Å². The molecule has 0 aromatic carbocycles. The van der Waals surface area contributed by atoms with Gasteiger partial charge in [0.15, 0.2) is 0 Å². The van der Waals surface area contributed by atoms with Crippen molar-refractivity contribution in [2.24, 2.45) is 5.41 Å². The maximum absolute atomic E-state index is 13.2. The van der Waals surface area contributed by atoms with Gasteiger partial charge in [-0.15, -0.1) is 11.3 Å². The predicted octanol–water partition coefficient (Wildman–Crippen LogP) is 3.08. The van der Waals surface area contributed by atoms with Gasteiger partial charge in [0.25, 0.3) is 11.8 Å². The van der Waals surface area contributed by atoms with Crippen LogP contribution in [0.2, 0.25) is 0 Å². The van der Waals surface area contributed by atoms with Crippen LogP contribution in [0.3, 0.4) is 0 Å². The van der Waals surface area contributed by atoms with E-state index in [0.717, 1.165) is 34.9 Å². The number of nitrogens with zero attached hydrogens (tertiary/aromatic N) is 6. The summed E-state index contributed by atoms with van der Waals surface area (Å²) in [6, 6.07) is 1.68. The lowest BCUT2D eigenvalue weighted by Gasteiger charge is -2.56. The monoisotopic (exact) mass is 548 g/mol. The zero-order chi connectivity index (χ0) is 27.0. The molecule has 1 aliphatic carbocycles. The number of anilines is 1. The van der Waals surface area contributed by atoms with Gasteiger partial charge >= 0.3 is 0 Å². The molecular formula is C27H32N8O3S. The average molecular weight is 549 g/mol. The molecule has 6 rings (SSSR count). The van der Waals surface area contributed by atoms with Crippen molar-refractivity contribution in [3.05, 3.63) is 53.9 Å². The number of nitrogens with one attached hydrogen (secondary N) is 2. The number of likely N-dealkylation sites (tertiary alicyclic amines) is 1. The molecule has 39 heavy (non-hydrogen) atoms. The second-order valence-electron chi connectivity index (χ2n) is 10.5. The normalized spacial score (nSPS) is 16.3. The first-order valence-corrected chi connectivity index (χ1v) is 14.0. The average Bonchev–Trinajstić information content (AvgIpc) is 3.60. The minimum absolute atomic E-state index is 0.196. The smallest absolute Gasteiger partial charge is 0.260 e. The largest absolute Gasteiger partial charge is 0.383 e. The number of fused-ring (bicyclic) bond motifs is 1. The van der Waals surface area contributed by atoms with Gasteiger partial charge < -0.3 is 20.3 Å². The fourth-order valence-corrected chi connectivity index (χ4v) is 6.36. The second-order valence-corrected chi connectivity index (χ2v) is 11.6. The van der Waals surface area contributed by atoms with Gasteiger partial charge in [0.1, 0.15) is 4.83 Å². The Bertz CT molecular complexity index is 1510. The van der Waals surface area contributed by atoms with E-state index in [0.29, 0.717) is 47.6 Å². The molecule has 2 fully saturated rings. The second kappa shape index (κ2) is 10.5. The molecule has 5 heterocycles. The molecule has 1 saturated heterocycles. The molecule has 1 spiro atoms. The Morgan fingerprint density at radius 2 is 1.95 bits per heavy atom. The molecule has 12 heteroatoms. The van der Waals surface area contributed by atoms with Crippen molar-refractivity contribution in [1.82, 2.24) is 34.6 Å². The lowest BCUT2D eigenvalue weighted by Crippen LogP contribution is -2.60. The van der Waals surface area contributed by atoms with Crippen LogP contribution in [0.15, 0.2) is 37.1 Å². The number of aryl methyl sites for hydroxylation is 1. The van der Waals surface area contributed by atoms with E-state index in [2.05, 4.69) is 30.7 Å². The Hall–Kier alpha value is -3.61. The fourth-order valence-electron chi connectivity index (χ4n) is 5.33. The van der Waals surface area contributed by atoms with E-state index in [9.17, 15) is 9.59 Å². The molecular weight excluding hydrogens is 516 g/mol. The zero-order valence-electron chi connectivity index (χ0n) is 22.1. The molecule has 11 nitrogen and oxygen atoms in total. The first-order valence-electron chi connectivity index (χ1n) is 13.2. The van der Waals surface area contributed by atoms with Gasteiger partial charge in [0, 0.05) is 57.4 Å². The van der Waals surface area contributed by atoms with Crippen molar-refractivity contribution >= 4 is 33.7 Å². The Labute approximate surface area is 230 Å². The van der Waals surface area contributed by atoms with Crippen molar-refractivity contribution < 1.29 is 14.3 Å². The molecule has 0 bridgehead atoms. The molecule has 0 atom stereocenters. The van der Waals surface area contributed by atoms with E-state index in [1.807, 2.05) is 17.1 Å². The quantitative estimate of drug-likeness (QED) is 0.313. The number of hydrogen-bond acceptors (Lipinski definition) is 8. The maximum atomic E-state index is 13.2. The van der Waals surface area contributed by atoms with Gasteiger partial charge in [0.2, 0.25) is 0 Å². The van der Waals surface area contributed by atoms with Gasteiger partial charge in [-0.25, -0.2) is 4.52 Å². The molecule has 2 aliphatic rings. The summed E-state index contributed by atoms with van der Waals surface area (Å²) in [4.78, 5) is 34.4. The first kappa shape index (κ1) is 25.7. The van der Waals surface area contributed by atoms with E-state index in [4.69, 9.17) is 4.74 Å². The van der Waals surface area contributed by atoms with E-state index < -0.39 is 0 Å². The maximum Gasteiger partial charge on any atom is 0.260 e. The van der Waals surface area contributed by atoms with Gasteiger partial charge in [0.05, 0.1) is 52.9 Å². The van der Waals surface area contributed by atoms with Crippen LogP contribution in [0, 0.1) is 12.3 Å². The Kier molecular flexibility index (Phi) is 6.92. The van der Waals surface area contributed by atoms with Crippen LogP contribution in [0.1, 0.15) is 45.7 Å². The molecule has 2 amide bonds. The van der Waals surface area contributed by atoms with Crippen LogP contribution in [-0.4, -0.2) is 81.0 Å². The number of thiazole rings is 1. The highest BCUT2D eigenvalue weighted by Gasteiger charge is 2.46. The summed E-state index contributed by atoms with van der Waals surface area (Å²) >= 11 is 1.47. The zero-order valence-corrected chi connectivity index (χ0v) is 23.0. The summed E-state index contributed by atoms with van der Waals surface area (Å²) in [5, 5.41) is 14.6. The van der Waals surface area contributed by atoms with Crippen molar-refractivity contribution in [2.75, 3.05) is 45.2 Å². The number of pyridine rings is 1. The predicted molar refractivity (Wildman–Crippen MR) is 148 cm³/mol. The fraction of sp³-hybridized carbons (Fsp3) is 0.444. The van der Waals surface area contributed by atoms with Gasteiger partial charge in [-0.2, -0.15) is 10.2 Å². The Morgan fingerprint density at radius 3 is 2.72 bits per heavy atom. The number of carbonyl (C=O) groups excluding carboxylic acids is 2. The summed E-state index contributed by atoms with van der Waals surface area (Å²) in [7, 11) is 1.66. The van der Waals surface area contributed by atoms with Crippen LogP contribution < -0.4 is 10.6 Å². The molecule has 4 aromatic rings. The third-order valence-corrected chi connectivity index (χ3v) is 8.89. The van der Waals surface area contributed by atoms with Gasteiger partial charge in [-0.3, -0.25) is 19.3 Å². The van der Waals surface area contributed by atoms with Gasteiger partial charge in [-0.05, 0) is 31.2 Å². The van der Waals surface area contributed by atoms with E-state index >= 15 is 0 Å². The summed E-state index contributed by atoms with van der Waals surface area (Å²) in [6.07, 6.45) is 12.8. The summed E-state index contributed by atoms with van der Waals surface area (Å²) < 4.78 is 8.63. The van der Waals surface area contributed by atoms with E-state index in [-0.39, 0.29) is 11.8 Å². The number of ether oxygens (including phenoxy) is 1. The van der Waals surface area contributed by atoms with E-state index in [1.54, 1.807) is 43.2 Å². The molecule has 1 aliphatic heterocycles. The molecule has 204 valence electrons. The van der Waals surface area contributed by atoms with Crippen LogP contribution in [0.25, 0.3) is 15.3 Å². The number of carbonyl (C=O) groups is 2. The van der Waals surface area contributed by atoms with Crippen molar-refractivity contribution in [3.8, 4) is 10.4 Å². The highest BCUT2D eigenvalue weighted by molar-refractivity contribution is 7.21. The Morgan fingerprint density at radius 1 is 1.10 bits per heavy atom. The lowest BCUT2D eigenvalue weighted by atomic mass is 9.63. The minimum atomic E-state index is -0.306. The lowest BCUT2D eigenvalue weighted by molar-refractivity contribution is -0.0582. The van der Waals surface area contributed by atoms with Crippen LogP contribution in [0.4, 0.5) is 5.69 Å². The minimum Gasteiger partial charge on any atom is -0.383 e.